The number of nitrogens with zero attached hydrogens (tertiary/aromatic N) is 17. The first-order chi connectivity index (χ1) is 48.5. The molecule has 7 aromatic rings. The third-order valence-electron chi connectivity index (χ3n) is 19.3. The predicted molar refractivity (Wildman–Crippen MR) is 424 cm³/mol. The molecule has 0 bridgehead atoms. The number of rotatable bonds is 11. The van der Waals surface area contributed by atoms with Gasteiger partial charge >= 0.3 is 6.01 Å². The zero-order valence-electron chi connectivity index (χ0n) is 69.6. The fraction of sp³-hybridized carbons (Fsp3) is 0.667. The van der Waals surface area contributed by atoms with Gasteiger partial charge in [-0.05, 0) is 142 Å². The average molecular weight is 1430 g/mol. The first kappa shape index (κ1) is 83.5. The highest BCUT2D eigenvalue weighted by Crippen LogP contribution is 2.49. The molecule has 0 amide bonds. The predicted octanol–water partition coefficient (Wildman–Crippen LogP) is 18.2. The molecule has 20 nitrogen and oxygen atoms in total. The van der Waals surface area contributed by atoms with Gasteiger partial charge in [0.1, 0.15) is 48.2 Å². The third kappa shape index (κ3) is 22.1. The molecule has 9 heterocycles. The van der Waals surface area contributed by atoms with E-state index in [1.165, 1.54) is 127 Å². The standard InChI is InChI=1S/C15H23N3.C14H21N3.C12H20N2.C11H19N3.C11H18N2O2.C11H18N2O.C10H12N2/c1-15(2,3)12-13(11-6-7-11)16-10-17-14(12)18-8-4-5-9-18;1-14(2,3)11-12(10-5-6-10)15-9-16-13(11)17-7-4-8-17;1-5-14-11(12(2,3)4)10(8-13-14)9-6-7-9;1-8-9(11(2,3)4)10(14(5)6)13-7-12-8;1-7-8(11(2,3)4)9(14-5)13-10(12-7)15-6;1-11(2,3)10-9(14-4)7-12-13(10)8-5-6-8;1-10(2,3)8-5-4-6-12-9(8)7-11/h10-11H,4-9H2,1-3H3;9-10H,4-8H2,1-3H3;8-9H,5-7H2,1-4H3;7H,1-6H3;1-6H3;7-8H,5-6H2,1-4H3;4-6H,1-3H3. The minimum atomic E-state index is -0.0400. The van der Waals surface area contributed by atoms with Gasteiger partial charge in [0, 0.05) is 109 Å². The maximum atomic E-state index is 8.77. The van der Waals surface area contributed by atoms with E-state index in [0.29, 0.717) is 35.5 Å². The summed E-state index contributed by atoms with van der Waals surface area (Å²) in [6.07, 6.45) is 25.1. The second-order valence-corrected chi connectivity index (χ2v) is 36.3. The minimum Gasteiger partial charge on any atom is -0.493 e. The second kappa shape index (κ2) is 34.2. The van der Waals surface area contributed by atoms with Crippen molar-refractivity contribution in [2.45, 2.75) is 305 Å². The Bertz CT molecular complexity index is 3890. The second-order valence-electron chi connectivity index (χ2n) is 36.3. The Kier molecular flexibility index (Phi) is 27.4. The zero-order chi connectivity index (χ0) is 77.2. The number of aryl methyl sites for hydroxylation is 3. The molecular weight excluding hydrogens is 1300 g/mol. The summed E-state index contributed by atoms with van der Waals surface area (Å²) in [5.41, 5.74) is 16.0. The first-order valence-electron chi connectivity index (χ1n) is 38.2. The van der Waals surface area contributed by atoms with Crippen LogP contribution >= 0.6 is 0 Å². The lowest BCUT2D eigenvalue weighted by atomic mass is 9.84. The summed E-state index contributed by atoms with van der Waals surface area (Å²) in [6, 6.07) is 6.87. The van der Waals surface area contributed by atoms with Crippen molar-refractivity contribution in [3.8, 4) is 23.7 Å². The van der Waals surface area contributed by atoms with Crippen LogP contribution in [0.25, 0.3) is 0 Å². The highest BCUT2D eigenvalue weighted by molar-refractivity contribution is 5.56. The number of nitriles is 1. The van der Waals surface area contributed by atoms with Crippen LogP contribution in [0.15, 0.2) is 49.7 Å². The molecule has 0 aromatic carbocycles. The number of aromatic nitrogens is 13. The van der Waals surface area contributed by atoms with E-state index >= 15 is 0 Å². The maximum absolute atomic E-state index is 8.77. The normalized spacial score (nSPS) is 16.0. The largest absolute Gasteiger partial charge is 0.493 e. The molecule has 0 N–H and O–H groups in total. The Morgan fingerprint density at radius 2 is 0.990 bits per heavy atom. The Labute approximate surface area is 626 Å². The van der Waals surface area contributed by atoms with Gasteiger partial charge in [0.05, 0.1) is 62.5 Å². The number of ether oxygens (including phenoxy) is 3. The lowest BCUT2D eigenvalue weighted by molar-refractivity contribution is 0.340. The fourth-order valence-corrected chi connectivity index (χ4v) is 13.8. The van der Waals surface area contributed by atoms with E-state index in [4.69, 9.17) is 19.5 Å². The van der Waals surface area contributed by atoms with Crippen molar-refractivity contribution in [2.24, 2.45) is 0 Å². The van der Waals surface area contributed by atoms with E-state index < -0.39 is 0 Å². The van der Waals surface area contributed by atoms with Crippen molar-refractivity contribution in [1.82, 2.24) is 64.4 Å². The Balaban J connectivity index is 0.000000170. The number of methoxy groups -OCH3 is 3. The van der Waals surface area contributed by atoms with Crippen LogP contribution in [0.1, 0.15) is 320 Å². The Morgan fingerprint density at radius 3 is 1.36 bits per heavy atom. The summed E-state index contributed by atoms with van der Waals surface area (Å²) < 4.78 is 19.9. The molecule has 6 fully saturated rings. The summed E-state index contributed by atoms with van der Waals surface area (Å²) in [5.74, 6) is 7.14. The van der Waals surface area contributed by atoms with E-state index in [-0.39, 0.29) is 37.9 Å². The molecule has 4 aliphatic carbocycles. The van der Waals surface area contributed by atoms with E-state index in [1.54, 1.807) is 46.5 Å². The molecule has 2 aliphatic heterocycles. The van der Waals surface area contributed by atoms with E-state index in [0.717, 1.165) is 72.7 Å². The molecule has 20 heteroatoms. The molecule has 104 heavy (non-hydrogen) atoms. The number of hydrogen-bond donors (Lipinski definition) is 0. The van der Waals surface area contributed by atoms with Crippen molar-refractivity contribution in [3.05, 3.63) is 123 Å². The fourth-order valence-electron chi connectivity index (χ4n) is 13.8. The lowest BCUT2D eigenvalue weighted by Gasteiger charge is -2.36. The van der Waals surface area contributed by atoms with Crippen LogP contribution in [0.4, 0.5) is 17.5 Å². The van der Waals surface area contributed by atoms with Crippen LogP contribution < -0.4 is 28.9 Å². The molecule has 13 rings (SSSR count). The van der Waals surface area contributed by atoms with Gasteiger partial charge in [0.15, 0.2) is 5.75 Å². The highest BCUT2D eigenvalue weighted by Gasteiger charge is 2.39. The third-order valence-corrected chi connectivity index (χ3v) is 19.3. The summed E-state index contributed by atoms with van der Waals surface area (Å²) in [6.45, 7) is 58.0. The summed E-state index contributed by atoms with van der Waals surface area (Å²) >= 11 is 0. The van der Waals surface area contributed by atoms with Gasteiger partial charge in [-0.2, -0.15) is 20.4 Å². The monoisotopic (exact) mass is 1430 g/mol. The van der Waals surface area contributed by atoms with Crippen LogP contribution in [0.3, 0.4) is 0 Å². The van der Waals surface area contributed by atoms with Gasteiger partial charge in [-0.25, -0.2) is 39.9 Å². The zero-order valence-corrected chi connectivity index (χ0v) is 69.6. The van der Waals surface area contributed by atoms with Crippen molar-refractivity contribution < 1.29 is 14.2 Å². The van der Waals surface area contributed by atoms with Crippen molar-refractivity contribution in [2.75, 3.05) is 76.3 Å². The van der Waals surface area contributed by atoms with Crippen LogP contribution in [0.5, 0.6) is 17.6 Å². The number of hydrogen-bond acceptors (Lipinski definition) is 18. The molecule has 2 saturated heterocycles. The van der Waals surface area contributed by atoms with Gasteiger partial charge in [0.25, 0.3) is 0 Å². The molecule has 0 atom stereocenters. The summed E-state index contributed by atoms with van der Waals surface area (Å²) in [7, 11) is 8.89. The highest BCUT2D eigenvalue weighted by atomic mass is 16.5. The maximum Gasteiger partial charge on any atom is 0.319 e. The molecule has 0 unspecified atom stereocenters. The van der Waals surface area contributed by atoms with E-state index in [9.17, 15) is 0 Å². The first-order valence-corrected chi connectivity index (χ1v) is 38.2. The molecular formula is C84H131N17O3. The number of pyridine rings is 1. The molecule has 0 radical (unpaired) electrons. The Morgan fingerprint density at radius 1 is 0.500 bits per heavy atom. The Hall–Kier alpha value is -7.82. The van der Waals surface area contributed by atoms with Crippen LogP contribution in [0, 0.1) is 25.2 Å². The van der Waals surface area contributed by atoms with Crippen molar-refractivity contribution in [3.63, 3.8) is 0 Å². The van der Waals surface area contributed by atoms with E-state index in [2.05, 4.69) is 239 Å². The molecule has 7 aromatic heterocycles. The topological polar surface area (TPSA) is 213 Å². The van der Waals surface area contributed by atoms with Gasteiger partial charge in [-0.3, -0.25) is 9.36 Å². The lowest BCUT2D eigenvalue weighted by Crippen LogP contribution is -2.39. The van der Waals surface area contributed by atoms with Crippen molar-refractivity contribution in [1.29, 1.82) is 5.26 Å². The molecule has 570 valence electrons. The SMILES string of the molecule is CC(C)(C)c1c(C2CC2)ncnc1N1CCC1.CC(C)(C)c1c(C2CC2)ncnc1N1CCCC1.CC(C)(C)c1cccnc1C#N.CCn1ncc(C2CC2)c1C(C)(C)C.COc1cnn(C2CC2)c1C(C)(C)C.COc1nc(C)c(C(C)(C)C)c(OC)n1.Cc1ncnc(N(C)C)c1C(C)(C)C. The molecule has 6 aliphatic rings. The summed E-state index contributed by atoms with van der Waals surface area (Å²) in [5, 5.41) is 17.7. The van der Waals surface area contributed by atoms with Crippen LogP contribution in [-0.2, 0) is 44.4 Å². The van der Waals surface area contributed by atoms with Crippen LogP contribution in [0.2, 0.25) is 0 Å². The van der Waals surface area contributed by atoms with Crippen molar-refractivity contribution >= 4 is 17.5 Å². The molecule has 0 spiro atoms. The van der Waals surface area contributed by atoms with Gasteiger partial charge in [-0.1, -0.05) is 151 Å². The van der Waals surface area contributed by atoms with Gasteiger partial charge in [-0.15, -0.1) is 0 Å². The minimum absolute atomic E-state index is 0.000671. The average Bonchev–Trinajstić information content (AvgIpc) is 1.77. The molecule has 4 saturated carbocycles. The van der Waals surface area contributed by atoms with E-state index in [1.807, 2.05) is 51.2 Å². The van der Waals surface area contributed by atoms with Gasteiger partial charge < -0.3 is 28.9 Å². The summed E-state index contributed by atoms with van der Waals surface area (Å²) in [4.78, 5) is 46.2. The number of anilines is 3. The van der Waals surface area contributed by atoms with Gasteiger partial charge in [0.2, 0.25) is 5.88 Å². The van der Waals surface area contributed by atoms with Crippen LogP contribution in [-0.4, -0.2) is 126 Å². The smallest absolute Gasteiger partial charge is 0.319 e. The quantitative estimate of drug-likeness (QED) is 0.118.